The Morgan fingerprint density at radius 2 is 1.86 bits per heavy atom. The zero-order valence-corrected chi connectivity index (χ0v) is 13.2. The molecular weight excluding hydrogens is 350 g/mol. The Kier molecular flexibility index (Phi) is 6.68. The summed E-state index contributed by atoms with van der Waals surface area (Å²) in [5, 5.41) is 13.3. The first kappa shape index (κ1) is 17.8. The molecule has 7 heteroatoms. The standard InChI is InChI=1S/C15H15N3O3.BrH/c16-14(9-11-5-2-1-3-6-11)15(19)17-12-7-4-8-13(10-12)18(20)21;/h1-8,10,14H,9,16H2,(H,17,19);1H/p-1. The van der Waals surface area contributed by atoms with Gasteiger partial charge in [-0.25, -0.2) is 0 Å². The van der Waals surface area contributed by atoms with Crippen LogP contribution in [-0.4, -0.2) is 16.9 Å². The highest BCUT2D eigenvalue weighted by molar-refractivity contribution is 5.95. The van der Waals surface area contributed by atoms with E-state index in [1.807, 2.05) is 30.3 Å². The fourth-order valence-corrected chi connectivity index (χ4v) is 1.89. The number of non-ortho nitro benzene ring substituents is 1. The van der Waals surface area contributed by atoms with Crippen LogP contribution in [0.4, 0.5) is 11.4 Å². The highest BCUT2D eigenvalue weighted by atomic mass is 79.9. The monoisotopic (exact) mass is 364 g/mol. The molecule has 0 saturated heterocycles. The van der Waals surface area contributed by atoms with Crippen LogP contribution in [0.1, 0.15) is 5.56 Å². The Hall–Kier alpha value is -2.25. The molecule has 2 aromatic carbocycles. The van der Waals surface area contributed by atoms with E-state index in [9.17, 15) is 14.9 Å². The summed E-state index contributed by atoms with van der Waals surface area (Å²) in [6, 6.07) is 14.5. The zero-order valence-electron chi connectivity index (χ0n) is 11.6. The second kappa shape index (κ2) is 8.26. The van der Waals surface area contributed by atoms with E-state index < -0.39 is 11.0 Å². The number of carbonyl (C=O) groups is 1. The van der Waals surface area contributed by atoms with Gasteiger partial charge in [-0.3, -0.25) is 14.9 Å². The summed E-state index contributed by atoms with van der Waals surface area (Å²) < 4.78 is 0. The lowest BCUT2D eigenvalue weighted by Gasteiger charge is -2.12. The minimum absolute atomic E-state index is 0. The number of nitrogens with two attached hydrogens (primary N) is 1. The van der Waals surface area contributed by atoms with E-state index in [1.165, 1.54) is 18.2 Å². The molecule has 0 aliphatic carbocycles. The van der Waals surface area contributed by atoms with Crippen molar-refractivity contribution in [2.45, 2.75) is 12.5 Å². The maximum atomic E-state index is 12.0. The van der Waals surface area contributed by atoms with Crippen molar-refractivity contribution in [1.82, 2.24) is 0 Å². The molecule has 116 valence electrons. The lowest BCUT2D eigenvalue weighted by Crippen LogP contribution is -3.00. The molecular formula is C15H15BrN3O3-. The Bertz CT molecular complexity index is 649. The number of nitrogens with one attached hydrogen (secondary N) is 1. The first-order valence-corrected chi connectivity index (χ1v) is 6.41. The fourth-order valence-electron chi connectivity index (χ4n) is 1.89. The van der Waals surface area contributed by atoms with E-state index in [0.29, 0.717) is 12.1 Å². The van der Waals surface area contributed by atoms with Crippen LogP contribution in [0.3, 0.4) is 0 Å². The van der Waals surface area contributed by atoms with E-state index in [2.05, 4.69) is 5.32 Å². The van der Waals surface area contributed by atoms with Crippen LogP contribution in [-0.2, 0) is 11.2 Å². The maximum Gasteiger partial charge on any atom is 0.271 e. The number of benzene rings is 2. The van der Waals surface area contributed by atoms with Crippen LogP contribution in [0.15, 0.2) is 54.6 Å². The van der Waals surface area contributed by atoms with E-state index >= 15 is 0 Å². The van der Waals surface area contributed by atoms with Gasteiger partial charge in [0.1, 0.15) is 0 Å². The third-order valence-electron chi connectivity index (χ3n) is 2.96. The molecule has 0 aliphatic rings. The molecule has 2 aromatic rings. The van der Waals surface area contributed by atoms with E-state index in [4.69, 9.17) is 5.73 Å². The molecule has 0 radical (unpaired) electrons. The van der Waals surface area contributed by atoms with Crippen molar-refractivity contribution < 1.29 is 26.7 Å². The van der Waals surface area contributed by atoms with Gasteiger partial charge in [0.25, 0.3) is 5.69 Å². The number of hydrogen-bond acceptors (Lipinski definition) is 4. The normalized spacial score (nSPS) is 11.1. The maximum absolute atomic E-state index is 12.0. The van der Waals surface area contributed by atoms with Crippen LogP contribution < -0.4 is 28.0 Å². The van der Waals surface area contributed by atoms with E-state index in [-0.39, 0.29) is 28.6 Å². The minimum Gasteiger partial charge on any atom is -1.00 e. The Morgan fingerprint density at radius 3 is 2.50 bits per heavy atom. The molecule has 0 heterocycles. The predicted molar refractivity (Wildman–Crippen MR) is 79.8 cm³/mol. The number of hydrogen-bond donors (Lipinski definition) is 2. The Balaban J connectivity index is 0.00000242. The summed E-state index contributed by atoms with van der Waals surface area (Å²) in [4.78, 5) is 22.2. The fraction of sp³-hybridized carbons (Fsp3) is 0.133. The average Bonchev–Trinajstić information content (AvgIpc) is 2.48. The highest BCUT2D eigenvalue weighted by Gasteiger charge is 2.15. The van der Waals surface area contributed by atoms with Crippen molar-refractivity contribution in [3.05, 3.63) is 70.3 Å². The number of halogens is 1. The van der Waals surface area contributed by atoms with Crippen LogP contribution in [0, 0.1) is 10.1 Å². The Morgan fingerprint density at radius 1 is 1.18 bits per heavy atom. The van der Waals surface area contributed by atoms with E-state index in [0.717, 1.165) is 5.56 Å². The average molecular weight is 365 g/mol. The van der Waals surface area contributed by atoms with Gasteiger partial charge in [0.15, 0.2) is 0 Å². The van der Waals surface area contributed by atoms with Crippen LogP contribution in [0.2, 0.25) is 0 Å². The summed E-state index contributed by atoms with van der Waals surface area (Å²) in [6.45, 7) is 0. The molecule has 0 aliphatic heterocycles. The van der Waals surface area contributed by atoms with Crippen molar-refractivity contribution in [2.75, 3.05) is 5.32 Å². The second-order valence-corrected chi connectivity index (χ2v) is 4.59. The van der Waals surface area contributed by atoms with Gasteiger partial charge in [0, 0.05) is 17.8 Å². The first-order chi connectivity index (χ1) is 10.1. The number of rotatable bonds is 5. The minimum atomic E-state index is -0.716. The van der Waals surface area contributed by atoms with Crippen LogP contribution in [0.5, 0.6) is 0 Å². The van der Waals surface area contributed by atoms with Gasteiger partial charge >= 0.3 is 0 Å². The third kappa shape index (κ3) is 4.94. The predicted octanol–water partition coefficient (Wildman–Crippen LogP) is -0.893. The van der Waals surface area contributed by atoms with Gasteiger partial charge in [0.2, 0.25) is 5.91 Å². The summed E-state index contributed by atoms with van der Waals surface area (Å²) >= 11 is 0. The number of carbonyl (C=O) groups excluding carboxylic acids is 1. The first-order valence-electron chi connectivity index (χ1n) is 6.41. The summed E-state index contributed by atoms with van der Waals surface area (Å²) in [5.41, 5.74) is 7.09. The molecule has 1 amide bonds. The molecule has 2 rings (SSSR count). The van der Waals surface area contributed by atoms with Crippen molar-refractivity contribution >= 4 is 17.3 Å². The van der Waals surface area contributed by atoms with Crippen molar-refractivity contribution in [3.8, 4) is 0 Å². The van der Waals surface area contributed by atoms with Gasteiger partial charge in [0.05, 0.1) is 11.0 Å². The molecule has 0 saturated carbocycles. The lowest BCUT2D eigenvalue weighted by atomic mass is 10.1. The largest absolute Gasteiger partial charge is 1.00 e. The number of anilines is 1. The van der Waals surface area contributed by atoms with Crippen LogP contribution in [0.25, 0.3) is 0 Å². The quantitative estimate of drug-likeness (QED) is 0.531. The molecule has 22 heavy (non-hydrogen) atoms. The SMILES string of the molecule is NC(Cc1ccccc1)C(=O)Nc1cccc([N+](=O)[O-])c1.[Br-]. The number of nitro benzene ring substituents is 1. The van der Waals surface area contributed by atoms with Gasteiger partial charge in [-0.2, -0.15) is 0 Å². The molecule has 1 unspecified atom stereocenters. The molecule has 3 N–H and O–H groups in total. The second-order valence-electron chi connectivity index (χ2n) is 4.59. The van der Waals surface area contributed by atoms with Gasteiger partial charge in [-0.15, -0.1) is 0 Å². The van der Waals surface area contributed by atoms with Gasteiger partial charge in [-0.1, -0.05) is 36.4 Å². The molecule has 6 nitrogen and oxygen atoms in total. The molecule has 1 atom stereocenters. The zero-order chi connectivity index (χ0) is 15.2. The smallest absolute Gasteiger partial charge is 0.271 e. The van der Waals surface area contributed by atoms with Gasteiger partial charge < -0.3 is 28.0 Å². The third-order valence-corrected chi connectivity index (χ3v) is 2.96. The molecule has 0 spiro atoms. The molecule has 0 bridgehead atoms. The molecule has 0 fully saturated rings. The van der Waals surface area contributed by atoms with Crippen LogP contribution >= 0.6 is 0 Å². The van der Waals surface area contributed by atoms with Crippen molar-refractivity contribution in [3.63, 3.8) is 0 Å². The lowest BCUT2D eigenvalue weighted by molar-refractivity contribution is -0.384. The number of nitro groups is 1. The summed E-state index contributed by atoms with van der Waals surface area (Å²) in [5.74, 6) is -0.376. The number of nitrogens with zero attached hydrogens (tertiary/aromatic N) is 1. The van der Waals surface area contributed by atoms with Gasteiger partial charge in [-0.05, 0) is 18.1 Å². The summed E-state index contributed by atoms with van der Waals surface area (Å²) in [7, 11) is 0. The topological polar surface area (TPSA) is 98.3 Å². The Labute approximate surface area is 138 Å². The molecule has 0 aromatic heterocycles. The van der Waals surface area contributed by atoms with E-state index in [1.54, 1.807) is 6.07 Å². The van der Waals surface area contributed by atoms with Crippen molar-refractivity contribution in [2.24, 2.45) is 5.73 Å². The summed E-state index contributed by atoms with van der Waals surface area (Å²) in [6.07, 6.45) is 0.404. The van der Waals surface area contributed by atoms with Crippen molar-refractivity contribution in [1.29, 1.82) is 0 Å². The number of amides is 1. The highest BCUT2D eigenvalue weighted by Crippen LogP contribution is 2.17.